The normalized spacial score (nSPS) is 16.4. The number of pyridine rings is 1. The number of benzene rings is 2. The summed E-state index contributed by atoms with van der Waals surface area (Å²) in [5.74, 6) is -0.381. The number of hydrogen-bond acceptors (Lipinski definition) is 6. The molecule has 1 aliphatic carbocycles. The van der Waals surface area contributed by atoms with E-state index in [0.29, 0.717) is 17.9 Å². The monoisotopic (exact) mass is 425 g/mol. The van der Waals surface area contributed by atoms with Crippen LogP contribution in [0.5, 0.6) is 11.5 Å². The van der Waals surface area contributed by atoms with Gasteiger partial charge in [0, 0.05) is 35.5 Å². The number of carbonyl (C=O) groups is 2. The third-order valence-corrected chi connectivity index (χ3v) is 5.95. The smallest absolute Gasteiger partial charge is 0.233 e. The first-order valence-corrected chi connectivity index (χ1v) is 10.0. The van der Waals surface area contributed by atoms with Gasteiger partial charge in [0.1, 0.15) is 23.2 Å². The van der Waals surface area contributed by atoms with E-state index in [1.165, 1.54) is 6.33 Å². The first kappa shape index (κ1) is 19.6. The predicted octanol–water partition coefficient (Wildman–Crippen LogP) is 2.93. The number of aromatic nitrogens is 3. The van der Waals surface area contributed by atoms with Gasteiger partial charge in [-0.25, -0.2) is 9.97 Å². The molecule has 0 bridgehead atoms. The molecule has 4 N–H and O–H groups in total. The van der Waals surface area contributed by atoms with E-state index in [0.717, 1.165) is 27.6 Å². The Hall–Kier alpha value is -4.33. The minimum atomic E-state index is -1.29. The Labute approximate surface area is 183 Å². The van der Waals surface area contributed by atoms with Crippen molar-refractivity contribution in [1.82, 2.24) is 15.0 Å². The van der Waals surface area contributed by atoms with Crippen LogP contribution < -0.4 is 16.2 Å². The maximum absolute atomic E-state index is 11.7. The highest BCUT2D eigenvalue weighted by atomic mass is 16.5. The lowest BCUT2D eigenvalue weighted by Crippen LogP contribution is -2.38. The van der Waals surface area contributed by atoms with E-state index in [1.54, 1.807) is 36.8 Å². The minimum absolute atomic E-state index is 0.298. The average molecular weight is 425 g/mol. The van der Waals surface area contributed by atoms with Crippen molar-refractivity contribution in [2.75, 3.05) is 0 Å². The Morgan fingerprint density at radius 2 is 1.66 bits per heavy atom. The van der Waals surface area contributed by atoms with Crippen molar-refractivity contribution in [2.45, 2.75) is 12.3 Å². The molecular formula is C24H19N5O3. The van der Waals surface area contributed by atoms with Gasteiger partial charge in [0.25, 0.3) is 0 Å². The van der Waals surface area contributed by atoms with Gasteiger partial charge in [-0.1, -0.05) is 18.2 Å². The van der Waals surface area contributed by atoms with Crippen molar-refractivity contribution >= 4 is 22.7 Å². The number of ether oxygens (including phenoxy) is 1. The van der Waals surface area contributed by atoms with E-state index >= 15 is 0 Å². The number of hydrogen-bond donors (Lipinski definition) is 2. The van der Waals surface area contributed by atoms with Crippen LogP contribution in [0.25, 0.3) is 22.0 Å². The standard InChI is InChI=1S/C24H19N5O3/c25-22(30)24(23(26)31)10-19(24)14-1-4-17(5-2-14)32-21-7-8-29-20-9-15(3-6-18(20)21)16-11-27-13-28-12-16/h1-9,11-13,19H,10H2,(H2,25,30)(H2,26,31). The van der Waals surface area contributed by atoms with Crippen LogP contribution in [0.4, 0.5) is 0 Å². The van der Waals surface area contributed by atoms with Crippen LogP contribution in [0, 0.1) is 5.41 Å². The summed E-state index contributed by atoms with van der Waals surface area (Å²) in [5.41, 5.74) is 13.0. The summed E-state index contributed by atoms with van der Waals surface area (Å²) in [7, 11) is 0. The molecule has 32 heavy (non-hydrogen) atoms. The van der Waals surface area contributed by atoms with Crippen LogP contribution >= 0.6 is 0 Å². The Morgan fingerprint density at radius 3 is 2.31 bits per heavy atom. The largest absolute Gasteiger partial charge is 0.457 e. The quantitative estimate of drug-likeness (QED) is 0.456. The summed E-state index contributed by atoms with van der Waals surface area (Å²) in [6.07, 6.45) is 7.02. The first-order chi connectivity index (χ1) is 15.5. The Bertz CT molecular complexity index is 1330. The van der Waals surface area contributed by atoms with Gasteiger partial charge >= 0.3 is 0 Å². The van der Waals surface area contributed by atoms with Gasteiger partial charge in [-0.2, -0.15) is 0 Å². The van der Waals surface area contributed by atoms with E-state index in [4.69, 9.17) is 16.2 Å². The third kappa shape index (κ3) is 3.22. The molecule has 0 aliphatic heterocycles. The number of fused-ring (bicyclic) bond motifs is 1. The molecule has 2 amide bonds. The molecule has 2 heterocycles. The topological polar surface area (TPSA) is 134 Å². The van der Waals surface area contributed by atoms with Gasteiger partial charge in [-0.05, 0) is 47.9 Å². The lowest BCUT2D eigenvalue weighted by molar-refractivity contribution is -0.133. The molecular weight excluding hydrogens is 406 g/mol. The minimum Gasteiger partial charge on any atom is -0.457 e. The fourth-order valence-corrected chi connectivity index (χ4v) is 4.07. The van der Waals surface area contributed by atoms with Gasteiger partial charge in [0.15, 0.2) is 0 Å². The summed E-state index contributed by atoms with van der Waals surface area (Å²) >= 11 is 0. The summed E-state index contributed by atoms with van der Waals surface area (Å²) in [4.78, 5) is 36.1. The molecule has 0 spiro atoms. The van der Waals surface area contributed by atoms with Crippen LogP contribution in [0.15, 0.2) is 73.4 Å². The van der Waals surface area contributed by atoms with Crippen LogP contribution in [0.3, 0.4) is 0 Å². The number of primary amides is 2. The van der Waals surface area contributed by atoms with Gasteiger partial charge in [0.2, 0.25) is 11.8 Å². The zero-order valence-corrected chi connectivity index (χ0v) is 16.9. The summed E-state index contributed by atoms with van der Waals surface area (Å²) in [6.45, 7) is 0. The molecule has 2 aromatic carbocycles. The summed E-state index contributed by atoms with van der Waals surface area (Å²) < 4.78 is 6.09. The lowest BCUT2D eigenvalue weighted by atomic mass is 9.97. The molecule has 1 aliphatic rings. The molecule has 1 fully saturated rings. The second-order valence-corrected chi connectivity index (χ2v) is 7.80. The Kier molecular flexibility index (Phi) is 4.55. The second-order valence-electron chi connectivity index (χ2n) is 7.80. The molecule has 5 rings (SSSR count). The Balaban J connectivity index is 1.39. The SMILES string of the molecule is NC(=O)C1(C(N)=O)CC1c1ccc(Oc2ccnc3cc(-c4cncnc4)ccc23)cc1. The third-order valence-electron chi connectivity index (χ3n) is 5.95. The summed E-state index contributed by atoms with van der Waals surface area (Å²) in [6, 6.07) is 14.9. The van der Waals surface area contributed by atoms with Gasteiger partial charge in [-0.3, -0.25) is 14.6 Å². The van der Waals surface area contributed by atoms with Crippen molar-refractivity contribution in [1.29, 1.82) is 0 Å². The van der Waals surface area contributed by atoms with Crippen LogP contribution in [0.2, 0.25) is 0 Å². The van der Waals surface area contributed by atoms with Crippen LogP contribution in [0.1, 0.15) is 17.9 Å². The van der Waals surface area contributed by atoms with Crippen molar-refractivity contribution in [2.24, 2.45) is 16.9 Å². The predicted molar refractivity (Wildman–Crippen MR) is 117 cm³/mol. The highest BCUT2D eigenvalue weighted by molar-refractivity contribution is 6.08. The van der Waals surface area contributed by atoms with Crippen molar-refractivity contribution < 1.29 is 14.3 Å². The number of rotatable bonds is 6. The Morgan fingerprint density at radius 1 is 0.938 bits per heavy atom. The average Bonchev–Trinajstić information content (AvgIpc) is 3.58. The fourth-order valence-electron chi connectivity index (χ4n) is 4.07. The molecule has 8 nitrogen and oxygen atoms in total. The van der Waals surface area contributed by atoms with Crippen LogP contribution in [-0.4, -0.2) is 26.8 Å². The van der Waals surface area contributed by atoms with Gasteiger partial charge < -0.3 is 16.2 Å². The number of carbonyl (C=O) groups excluding carboxylic acids is 2. The molecule has 1 saturated carbocycles. The van der Waals surface area contributed by atoms with Crippen molar-refractivity contribution in [3.8, 4) is 22.6 Å². The molecule has 2 aromatic heterocycles. The molecule has 0 saturated heterocycles. The van der Waals surface area contributed by atoms with Gasteiger partial charge in [-0.15, -0.1) is 0 Å². The highest BCUT2D eigenvalue weighted by Gasteiger charge is 2.64. The van der Waals surface area contributed by atoms with E-state index in [-0.39, 0.29) is 5.92 Å². The van der Waals surface area contributed by atoms with Crippen molar-refractivity contribution in [3.05, 3.63) is 79.0 Å². The number of amides is 2. The first-order valence-electron chi connectivity index (χ1n) is 10.0. The van der Waals surface area contributed by atoms with E-state index < -0.39 is 17.2 Å². The van der Waals surface area contributed by atoms with Crippen molar-refractivity contribution in [3.63, 3.8) is 0 Å². The van der Waals surface area contributed by atoms with Gasteiger partial charge in [0.05, 0.1) is 5.52 Å². The molecule has 8 heteroatoms. The van der Waals surface area contributed by atoms with Crippen LogP contribution in [-0.2, 0) is 9.59 Å². The molecule has 158 valence electrons. The molecule has 0 radical (unpaired) electrons. The molecule has 4 aromatic rings. The van der Waals surface area contributed by atoms with E-state index in [2.05, 4.69) is 15.0 Å². The summed E-state index contributed by atoms with van der Waals surface area (Å²) in [5, 5.41) is 0.862. The maximum Gasteiger partial charge on any atom is 0.233 e. The van der Waals surface area contributed by atoms with E-state index in [9.17, 15) is 9.59 Å². The fraction of sp³-hybridized carbons (Fsp3) is 0.125. The number of nitrogens with two attached hydrogens (primary N) is 2. The zero-order chi connectivity index (χ0) is 22.3. The maximum atomic E-state index is 11.7. The second kappa shape index (κ2) is 7.42. The molecule has 1 atom stereocenters. The highest BCUT2D eigenvalue weighted by Crippen LogP contribution is 2.59. The number of nitrogens with zero attached hydrogens (tertiary/aromatic N) is 3. The molecule has 1 unspecified atom stereocenters. The van der Waals surface area contributed by atoms with E-state index in [1.807, 2.05) is 30.3 Å². The lowest BCUT2D eigenvalue weighted by Gasteiger charge is -2.11. The zero-order valence-electron chi connectivity index (χ0n) is 16.9.